The first-order valence-electron chi connectivity index (χ1n) is 8.18. The summed E-state index contributed by atoms with van der Waals surface area (Å²) < 4.78 is 5.17. The van der Waals surface area contributed by atoms with Crippen molar-refractivity contribution in [2.45, 2.75) is 13.8 Å². The highest BCUT2D eigenvalue weighted by molar-refractivity contribution is 6.03. The highest BCUT2D eigenvalue weighted by atomic mass is 16.5. The lowest BCUT2D eigenvalue weighted by atomic mass is 10.2. The van der Waals surface area contributed by atoms with Crippen LogP contribution in [0.15, 0.2) is 54.6 Å². The summed E-state index contributed by atoms with van der Waals surface area (Å²) >= 11 is 0. The summed E-state index contributed by atoms with van der Waals surface area (Å²) in [5.74, 6) is 1.44. The van der Waals surface area contributed by atoms with Crippen LogP contribution in [0.25, 0.3) is 0 Å². The van der Waals surface area contributed by atoms with Gasteiger partial charge in [0.15, 0.2) is 0 Å². The fourth-order valence-corrected chi connectivity index (χ4v) is 2.51. The van der Waals surface area contributed by atoms with E-state index in [2.05, 4.69) is 20.6 Å². The van der Waals surface area contributed by atoms with Gasteiger partial charge in [0.2, 0.25) is 0 Å². The van der Waals surface area contributed by atoms with Crippen LogP contribution in [0.1, 0.15) is 21.9 Å². The zero-order valence-corrected chi connectivity index (χ0v) is 14.9. The lowest BCUT2D eigenvalue weighted by Gasteiger charge is -2.10. The van der Waals surface area contributed by atoms with E-state index in [1.807, 2.05) is 43.3 Å². The van der Waals surface area contributed by atoms with E-state index in [0.717, 1.165) is 11.3 Å². The minimum atomic E-state index is -0.309. The molecule has 26 heavy (non-hydrogen) atoms. The Hall–Kier alpha value is -3.41. The van der Waals surface area contributed by atoms with Crippen molar-refractivity contribution in [3.05, 3.63) is 71.7 Å². The molecule has 2 N–H and O–H groups in total. The van der Waals surface area contributed by atoms with Crippen LogP contribution < -0.4 is 15.4 Å². The number of benzene rings is 2. The third-order valence-electron chi connectivity index (χ3n) is 3.69. The molecule has 0 spiro atoms. The van der Waals surface area contributed by atoms with Crippen LogP contribution in [0.3, 0.4) is 0 Å². The first-order valence-corrected chi connectivity index (χ1v) is 8.18. The van der Waals surface area contributed by atoms with Crippen LogP contribution in [0.5, 0.6) is 5.75 Å². The second-order valence-electron chi connectivity index (χ2n) is 5.87. The summed E-state index contributed by atoms with van der Waals surface area (Å²) in [5.41, 5.74) is 2.97. The zero-order chi connectivity index (χ0) is 18.5. The van der Waals surface area contributed by atoms with Gasteiger partial charge in [-0.25, -0.2) is 9.97 Å². The monoisotopic (exact) mass is 348 g/mol. The predicted molar refractivity (Wildman–Crippen MR) is 102 cm³/mol. The number of hydrogen-bond acceptors (Lipinski definition) is 5. The molecule has 1 heterocycles. The Morgan fingerprint density at radius 3 is 2.50 bits per heavy atom. The van der Waals surface area contributed by atoms with Gasteiger partial charge in [-0.1, -0.05) is 18.2 Å². The summed E-state index contributed by atoms with van der Waals surface area (Å²) in [6.45, 7) is 3.77. The molecule has 0 aliphatic carbocycles. The van der Waals surface area contributed by atoms with Gasteiger partial charge in [0.05, 0.1) is 7.11 Å². The van der Waals surface area contributed by atoms with E-state index in [1.165, 1.54) is 0 Å². The van der Waals surface area contributed by atoms with Crippen molar-refractivity contribution in [3.8, 4) is 5.75 Å². The van der Waals surface area contributed by atoms with Gasteiger partial charge in [0.25, 0.3) is 5.91 Å². The average Bonchev–Trinajstić information content (AvgIpc) is 2.61. The van der Waals surface area contributed by atoms with Gasteiger partial charge in [0, 0.05) is 23.5 Å². The number of carbonyl (C=O) groups is 1. The van der Waals surface area contributed by atoms with Crippen molar-refractivity contribution in [2.75, 3.05) is 17.7 Å². The maximum absolute atomic E-state index is 12.6. The first-order chi connectivity index (χ1) is 12.5. The van der Waals surface area contributed by atoms with Crippen molar-refractivity contribution in [3.63, 3.8) is 0 Å². The van der Waals surface area contributed by atoms with E-state index in [9.17, 15) is 4.79 Å². The Labute approximate surface area is 152 Å². The Kier molecular flexibility index (Phi) is 5.12. The van der Waals surface area contributed by atoms with E-state index in [4.69, 9.17) is 4.74 Å². The molecule has 2 aromatic carbocycles. The third-order valence-corrected chi connectivity index (χ3v) is 3.69. The van der Waals surface area contributed by atoms with Gasteiger partial charge < -0.3 is 15.4 Å². The number of ether oxygens (including phenoxy) is 1. The quantitative estimate of drug-likeness (QED) is 0.726. The van der Waals surface area contributed by atoms with Gasteiger partial charge in [-0.15, -0.1) is 0 Å². The van der Waals surface area contributed by atoms with Crippen molar-refractivity contribution in [1.29, 1.82) is 0 Å². The minimum Gasteiger partial charge on any atom is -0.497 e. The van der Waals surface area contributed by atoms with Crippen LogP contribution in [-0.2, 0) is 0 Å². The van der Waals surface area contributed by atoms with E-state index < -0.39 is 0 Å². The number of nitrogens with zero attached hydrogens (tertiary/aromatic N) is 2. The molecule has 0 saturated heterocycles. The van der Waals surface area contributed by atoms with E-state index >= 15 is 0 Å². The molecule has 1 aromatic heterocycles. The number of aromatic nitrogens is 2. The molecular weight excluding hydrogens is 328 g/mol. The van der Waals surface area contributed by atoms with Crippen LogP contribution in [-0.4, -0.2) is 23.0 Å². The number of carbonyl (C=O) groups excluding carboxylic acids is 1. The van der Waals surface area contributed by atoms with Crippen molar-refractivity contribution in [1.82, 2.24) is 9.97 Å². The second-order valence-corrected chi connectivity index (χ2v) is 5.87. The molecule has 0 radical (unpaired) electrons. The van der Waals surface area contributed by atoms with Gasteiger partial charge in [-0.3, -0.25) is 4.79 Å². The fourth-order valence-electron chi connectivity index (χ4n) is 2.51. The molecule has 6 nitrogen and oxygen atoms in total. The van der Waals surface area contributed by atoms with Gasteiger partial charge >= 0.3 is 0 Å². The normalized spacial score (nSPS) is 10.3. The Morgan fingerprint density at radius 2 is 1.73 bits per heavy atom. The largest absolute Gasteiger partial charge is 0.497 e. The Bertz CT molecular complexity index is 941. The van der Waals surface area contributed by atoms with E-state index in [0.29, 0.717) is 23.1 Å². The maximum Gasteiger partial charge on any atom is 0.274 e. The van der Waals surface area contributed by atoms with Crippen LogP contribution in [0, 0.1) is 13.8 Å². The van der Waals surface area contributed by atoms with Crippen LogP contribution >= 0.6 is 0 Å². The number of nitrogens with one attached hydrogen (secondary N) is 2. The van der Waals surface area contributed by atoms with Crippen LogP contribution in [0.4, 0.5) is 17.2 Å². The molecule has 3 rings (SSSR count). The molecule has 0 saturated carbocycles. The first kappa shape index (κ1) is 17.4. The molecule has 0 aliphatic heterocycles. The molecule has 0 unspecified atom stereocenters. The molecular formula is C20H20N4O2. The summed E-state index contributed by atoms with van der Waals surface area (Å²) in [6, 6.07) is 16.7. The van der Waals surface area contributed by atoms with Crippen LogP contribution in [0.2, 0.25) is 0 Å². The summed E-state index contributed by atoms with van der Waals surface area (Å²) in [5, 5.41) is 6.04. The topological polar surface area (TPSA) is 76.1 Å². The Balaban J connectivity index is 1.81. The van der Waals surface area contributed by atoms with Gasteiger partial charge in [-0.2, -0.15) is 0 Å². The van der Waals surface area contributed by atoms with Gasteiger partial charge in [-0.05, 0) is 43.7 Å². The lowest BCUT2D eigenvalue weighted by Crippen LogP contribution is -2.15. The zero-order valence-electron chi connectivity index (χ0n) is 14.9. The number of methoxy groups -OCH3 is 1. The molecule has 0 bridgehead atoms. The molecule has 6 heteroatoms. The SMILES string of the molecule is COc1cccc(NC(=O)c2cc(Nc3cccc(C)c3)nc(C)n2)c1. The molecule has 1 amide bonds. The number of hydrogen-bond donors (Lipinski definition) is 2. The van der Waals surface area contributed by atoms with E-state index in [1.54, 1.807) is 32.2 Å². The molecule has 3 aromatic rings. The average molecular weight is 348 g/mol. The summed E-state index contributed by atoms with van der Waals surface area (Å²) in [4.78, 5) is 21.1. The Morgan fingerprint density at radius 1 is 0.962 bits per heavy atom. The van der Waals surface area contributed by atoms with Crippen molar-refractivity contribution >= 4 is 23.1 Å². The fraction of sp³-hybridized carbons (Fsp3) is 0.150. The highest BCUT2D eigenvalue weighted by Gasteiger charge is 2.11. The maximum atomic E-state index is 12.6. The molecule has 132 valence electrons. The summed E-state index contributed by atoms with van der Waals surface area (Å²) in [7, 11) is 1.58. The third kappa shape index (κ3) is 4.36. The minimum absolute atomic E-state index is 0.287. The number of anilines is 3. The second kappa shape index (κ2) is 7.65. The van der Waals surface area contributed by atoms with Crippen molar-refractivity contribution < 1.29 is 9.53 Å². The lowest BCUT2D eigenvalue weighted by molar-refractivity contribution is 0.102. The highest BCUT2D eigenvalue weighted by Crippen LogP contribution is 2.19. The molecule has 0 aliphatic rings. The number of aryl methyl sites for hydroxylation is 2. The number of amides is 1. The predicted octanol–water partition coefficient (Wildman–Crippen LogP) is 4.10. The standard InChI is InChI=1S/C20H20N4O2/c1-13-6-4-7-15(10-13)23-19-12-18(21-14(2)22-19)20(25)24-16-8-5-9-17(11-16)26-3/h4-12H,1-3H3,(H,24,25)(H,21,22,23). The van der Waals surface area contributed by atoms with E-state index in [-0.39, 0.29) is 11.6 Å². The van der Waals surface area contributed by atoms with Gasteiger partial charge in [0.1, 0.15) is 23.1 Å². The summed E-state index contributed by atoms with van der Waals surface area (Å²) in [6.07, 6.45) is 0. The smallest absolute Gasteiger partial charge is 0.274 e. The number of rotatable bonds is 5. The molecule has 0 atom stereocenters. The van der Waals surface area contributed by atoms with Crippen molar-refractivity contribution in [2.24, 2.45) is 0 Å². The molecule has 0 fully saturated rings.